The summed E-state index contributed by atoms with van der Waals surface area (Å²) in [5.41, 5.74) is 1.22. The highest BCUT2D eigenvalue weighted by molar-refractivity contribution is 7.95. The number of halogens is 2. The van der Waals surface area contributed by atoms with Crippen LogP contribution in [-0.2, 0) is 9.84 Å². The van der Waals surface area contributed by atoms with Crippen LogP contribution in [0.25, 0.3) is 17.0 Å². The largest absolute Gasteiger partial charge is 0.345 e. The van der Waals surface area contributed by atoms with Crippen LogP contribution in [0.5, 0.6) is 0 Å². The first-order valence-electron chi connectivity index (χ1n) is 6.82. The van der Waals surface area contributed by atoms with Crippen LogP contribution in [0.15, 0.2) is 58.3 Å². The number of hydrogen-bond donors (Lipinski definition) is 1. The van der Waals surface area contributed by atoms with Gasteiger partial charge >= 0.3 is 0 Å². The number of fused-ring (bicyclic) bond motifs is 1. The van der Waals surface area contributed by atoms with Gasteiger partial charge in [-0.1, -0.05) is 41.4 Å². The van der Waals surface area contributed by atoms with E-state index in [0.717, 1.165) is 10.9 Å². The van der Waals surface area contributed by atoms with Crippen molar-refractivity contribution < 1.29 is 8.42 Å². The summed E-state index contributed by atoms with van der Waals surface area (Å²) in [6.45, 7) is 0. The lowest BCUT2D eigenvalue weighted by Gasteiger charge is -2.03. The molecule has 0 unspecified atom stereocenters. The molecule has 0 bridgehead atoms. The summed E-state index contributed by atoms with van der Waals surface area (Å²) in [6, 6.07) is 14.7. The van der Waals surface area contributed by atoms with Gasteiger partial charge in [-0.15, -0.1) is 0 Å². The lowest BCUT2D eigenvalue weighted by Crippen LogP contribution is -2.03. The highest BCUT2D eigenvalue weighted by atomic mass is 35.5. The third-order valence-corrected chi connectivity index (χ3v) is 5.73. The second-order valence-corrected chi connectivity index (χ2v) is 7.71. The molecule has 1 aromatic heterocycles. The van der Waals surface area contributed by atoms with E-state index in [1.165, 1.54) is 30.3 Å². The van der Waals surface area contributed by atoms with E-state index in [0.29, 0.717) is 10.6 Å². The number of aromatic amines is 1. The van der Waals surface area contributed by atoms with Gasteiger partial charge in [0.1, 0.15) is 16.1 Å². The van der Waals surface area contributed by atoms with Crippen molar-refractivity contribution in [2.75, 3.05) is 0 Å². The van der Waals surface area contributed by atoms with Crippen molar-refractivity contribution in [1.82, 2.24) is 4.98 Å². The summed E-state index contributed by atoms with van der Waals surface area (Å²) >= 11 is 11.9. The maximum absolute atomic E-state index is 12.7. The zero-order valence-corrected chi connectivity index (χ0v) is 14.5. The Bertz CT molecular complexity index is 1090. The molecule has 0 aliphatic carbocycles. The number of H-pyrrole nitrogens is 1. The van der Waals surface area contributed by atoms with E-state index < -0.39 is 14.7 Å². The first-order chi connectivity index (χ1) is 11.4. The quantitative estimate of drug-likeness (QED) is 0.666. The molecule has 0 radical (unpaired) electrons. The molecular formula is C17H10Cl2N2O2S. The smallest absolute Gasteiger partial charge is 0.216 e. The van der Waals surface area contributed by atoms with E-state index in [1.807, 2.05) is 18.2 Å². The summed E-state index contributed by atoms with van der Waals surface area (Å²) in [4.78, 5) is 2.56. The lowest BCUT2D eigenvalue weighted by atomic mass is 10.1. The van der Waals surface area contributed by atoms with Crippen molar-refractivity contribution in [2.24, 2.45) is 0 Å². The Hall–Kier alpha value is -2.26. The van der Waals surface area contributed by atoms with Crippen molar-refractivity contribution in [3.05, 3.63) is 69.2 Å². The van der Waals surface area contributed by atoms with Gasteiger partial charge in [0.25, 0.3) is 0 Å². The molecule has 4 nitrogen and oxygen atoms in total. The van der Waals surface area contributed by atoms with Crippen LogP contribution in [0.1, 0.15) is 5.56 Å². The minimum absolute atomic E-state index is 0.00402. The van der Waals surface area contributed by atoms with Gasteiger partial charge in [-0.2, -0.15) is 5.26 Å². The monoisotopic (exact) mass is 376 g/mol. The van der Waals surface area contributed by atoms with Gasteiger partial charge in [0.05, 0.1) is 4.90 Å². The molecule has 0 saturated carbocycles. The van der Waals surface area contributed by atoms with E-state index in [1.54, 1.807) is 12.1 Å². The molecule has 0 aliphatic heterocycles. The molecule has 0 atom stereocenters. The number of rotatable bonds is 3. The van der Waals surface area contributed by atoms with Crippen molar-refractivity contribution in [3.8, 4) is 6.07 Å². The van der Waals surface area contributed by atoms with Crippen LogP contribution in [0, 0.1) is 11.3 Å². The molecule has 3 rings (SSSR count). The van der Waals surface area contributed by atoms with Crippen molar-refractivity contribution in [1.29, 1.82) is 5.26 Å². The lowest BCUT2D eigenvalue weighted by molar-refractivity contribution is 0.603. The fraction of sp³-hybridized carbons (Fsp3) is 0. The molecule has 0 fully saturated rings. The van der Waals surface area contributed by atoms with Gasteiger partial charge < -0.3 is 4.98 Å². The predicted molar refractivity (Wildman–Crippen MR) is 95.5 cm³/mol. The number of nitrogens with one attached hydrogen (secondary N) is 1. The van der Waals surface area contributed by atoms with Crippen molar-refractivity contribution in [3.63, 3.8) is 0 Å². The van der Waals surface area contributed by atoms with E-state index in [2.05, 4.69) is 4.98 Å². The van der Waals surface area contributed by atoms with Gasteiger partial charge in [0.2, 0.25) is 9.84 Å². The summed E-state index contributed by atoms with van der Waals surface area (Å²) in [5, 5.41) is 10.8. The number of nitrogens with zero attached hydrogens (tertiary/aromatic N) is 1. The fourth-order valence-corrected chi connectivity index (χ4v) is 3.84. The Morgan fingerprint density at radius 2 is 1.75 bits per heavy atom. The molecule has 2 aromatic carbocycles. The molecule has 24 heavy (non-hydrogen) atoms. The highest BCUT2D eigenvalue weighted by Crippen LogP contribution is 2.30. The topological polar surface area (TPSA) is 73.7 Å². The number of benzene rings is 2. The summed E-state index contributed by atoms with van der Waals surface area (Å²) < 4.78 is 25.3. The van der Waals surface area contributed by atoms with Gasteiger partial charge in [-0.3, -0.25) is 0 Å². The van der Waals surface area contributed by atoms with Gasteiger partial charge in [-0.05, 0) is 36.4 Å². The normalized spacial score (nSPS) is 12.3. The van der Waals surface area contributed by atoms with Crippen LogP contribution >= 0.6 is 23.2 Å². The molecule has 7 heteroatoms. The summed E-state index contributed by atoms with van der Waals surface area (Å²) in [6.07, 6.45) is 1.28. The number of aromatic nitrogens is 1. The first kappa shape index (κ1) is 16.6. The molecular weight excluding hydrogens is 367 g/mol. The molecule has 1 N–H and O–H groups in total. The molecule has 0 spiro atoms. The zero-order chi connectivity index (χ0) is 17.3. The number of hydrogen-bond acceptors (Lipinski definition) is 3. The SMILES string of the molecule is N#CC(=Cc1c(Cl)[nH]c2ccccc12)S(=O)(=O)c1ccc(Cl)cc1. The van der Waals surface area contributed by atoms with Crippen molar-refractivity contribution in [2.45, 2.75) is 4.90 Å². The van der Waals surface area contributed by atoms with Crippen LogP contribution < -0.4 is 0 Å². The van der Waals surface area contributed by atoms with Crippen LogP contribution in [-0.4, -0.2) is 13.4 Å². The van der Waals surface area contributed by atoms with Crippen molar-refractivity contribution >= 4 is 50.0 Å². The Morgan fingerprint density at radius 3 is 2.42 bits per heavy atom. The van der Waals surface area contributed by atoms with E-state index >= 15 is 0 Å². The average molecular weight is 377 g/mol. The average Bonchev–Trinajstić information content (AvgIpc) is 2.88. The number of para-hydroxylation sites is 1. The second-order valence-electron chi connectivity index (χ2n) is 4.98. The Kier molecular flexibility index (Phi) is 4.37. The minimum atomic E-state index is -3.96. The number of allylic oxidation sites excluding steroid dienone is 1. The Labute approximate surface area is 148 Å². The fourth-order valence-electron chi connectivity index (χ4n) is 2.31. The van der Waals surface area contributed by atoms with Gasteiger partial charge in [0, 0.05) is 21.5 Å². The Morgan fingerprint density at radius 1 is 1.08 bits per heavy atom. The van der Waals surface area contributed by atoms with E-state index in [-0.39, 0.29) is 10.0 Å². The third kappa shape index (κ3) is 2.92. The number of nitriles is 1. The summed E-state index contributed by atoms with van der Waals surface area (Å²) in [7, 11) is -3.96. The van der Waals surface area contributed by atoms with Crippen LogP contribution in [0.2, 0.25) is 10.2 Å². The predicted octanol–water partition coefficient (Wildman–Crippen LogP) is 4.81. The molecule has 120 valence electrons. The maximum atomic E-state index is 12.7. The van der Waals surface area contributed by atoms with Gasteiger partial charge in [0.15, 0.2) is 0 Å². The first-order valence-corrected chi connectivity index (χ1v) is 9.06. The molecule has 0 aliphatic rings. The molecule has 1 heterocycles. The highest BCUT2D eigenvalue weighted by Gasteiger charge is 2.22. The van der Waals surface area contributed by atoms with Crippen LogP contribution in [0.3, 0.4) is 0 Å². The molecule has 3 aromatic rings. The van der Waals surface area contributed by atoms with Crippen LogP contribution in [0.4, 0.5) is 0 Å². The third-order valence-electron chi connectivity index (χ3n) is 3.50. The van der Waals surface area contributed by atoms with E-state index in [9.17, 15) is 13.7 Å². The molecule has 0 amide bonds. The second kappa shape index (κ2) is 6.33. The zero-order valence-electron chi connectivity index (χ0n) is 12.1. The Balaban J connectivity index is 2.17. The van der Waals surface area contributed by atoms with E-state index in [4.69, 9.17) is 23.2 Å². The number of sulfone groups is 1. The standard InChI is InChI=1S/C17H10Cl2N2O2S/c18-11-5-7-12(8-6-11)24(22,23)13(10-20)9-15-14-3-1-2-4-16(14)21-17(15)19/h1-9,21H. The molecule has 0 saturated heterocycles. The maximum Gasteiger partial charge on any atom is 0.216 e. The van der Waals surface area contributed by atoms with Gasteiger partial charge in [-0.25, -0.2) is 8.42 Å². The summed E-state index contributed by atoms with van der Waals surface area (Å²) in [5.74, 6) is 0. The minimum Gasteiger partial charge on any atom is -0.345 e.